The van der Waals surface area contributed by atoms with E-state index in [9.17, 15) is 13.2 Å². The van der Waals surface area contributed by atoms with Crippen LogP contribution in [0.15, 0.2) is 24.3 Å². The molecule has 0 aliphatic rings. The minimum absolute atomic E-state index is 0.0948. The molecule has 102 valence electrons. The first kappa shape index (κ1) is 15.3. The van der Waals surface area contributed by atoms with Crippen molar-refractivity contribution in [1.29, 1.82) is 0 Å². The van der Waals surface area contributed by atoms with E-state index < -0.39 is 18.0 Å². The summed E-state index contributed by atoms with van der Waals surface area (Å²) in [5.41, 5.74) is 1.81. The SMILES string of the molecule is COCCc1ccc(C(Cl)CCC(F)(F)F)cc1. The van der Waals surface area contributed by atoms with Crippen molar-refractivity contribution >= 4 is 11.6 Å². The van der Waals surface area contributed by atoms with E-state index in [1.807, 2.05) is 12.1 Å². The molecule has 0 fully saturated rings. The number of rotatable bonds is 6. The van der Waals surface area contributed by atoms with Gasteiger partial charge in [-0.1, -0.05) is 24.3 Å². The maximum absolute atomic E-state index is 12.1. The van der Waals surface area contributed by atoms with E-state index in [0.717, 1.165) is 17.5 Å². The second-order valence-corrected chi connectivity index (χ2v) is 4.63. The molecule has 0 bridgehead atoms. The Labute approximate surface area is 110 Å². The molecule has 1 aromatic rings. The molecule has 1 nitrogen and oxygen atoms in total. The summed E-state index contributed by atoms with van der Waals surface area (Å²) in [5.74, 6) is 0. The third-order valence-electron chi connectivity index (χ3n) is 2.62. The molecule has 0 radical (unpaired) electrons. The third-order valence-corrected chi connectivity index (χ3v) is 3.09. The molecule has 0 N–H and O–H groups in total. The Hall–Kier alpha value is -0.740. The number of halogens is 4. The van der Waals surface area contributed by atoms with Gasteiger partial charge in [0, 0.05) is 13.5 Å². The Morgan fingerprint density at radius 3 is 2.33 bits per heavy atom. The third kappa shape index (κ3) is 5.74. The molecule has 5 heteroatoms. The highest BCUT2D eigenvalue weighted by Gasteiger charge is 2.28. The van der Waals surface area contributed by atoms with Gasteiger partial charge in [-0.15, -0.1) is 11.6 Å². The first-order valence-electron chi connectivity index (χ1n) is 5.71. The van der Waals surface area contributed by atoms with Gasteiger partial charge in [0.25, 0.3) is 0 Å². The number of methoxy groups -OCH3 is 1. The van der Waals surface area contributed by atoms with Crippen LogP contribution in [-0.2, 0) is 11.2 Å². The zero-order chi connectivity index (χ0) is 13.6. The number of hydrogen-bond acceptors (Lipinski definition) is 1. The molecule has 0 amide bonds. The van der Waals surface area contributed by atoms with Gasteiger partial charge in [0.15, 0.2) is 0 Å². The molecule has 0 spiro atoms. The molecule has 0 aliphatic heterocycles. The van der Waals surface area contributed by atoms with Crippen molar-refractivity contribution in [1.82, 2.24) is 0 Å². The number of hydrogen-bond donors (Lipinski definition) is 0. The number of benzene rings is 1. The standard InChI is InChI=1S/C13H16ClF3O/c1-18-9-7-10-2-4-11(5-3-10)12(14)6-8-13(15,16)17/h2-5,12H,6-9H2,1H3. The second-order valence-electron chi connectivity index (χ2n) is 4.11. The number of ether oxygens (including phenoxy) is 1. The topological polar surface area (TPSA) is 9.23 Å². The average Bonchev–Trinajstić information content (AvgIpc) is 2.33. The van der Waals surface area contributed by atoms with Crippen molar-refractivity contribution in [3.8, 4) is 0 Å². The molecular formula is C13H16ClF3O. The summed E-state index contributed by atoms with van der Waals surface area (Å²) < 4.78 is 41.1. The first-order valence-corrected chi connectivity index (χ1v) is 6.14. The van der Waals surface area contributed by atoms with Crippen molar-refractivity contribution in [2.24, 2.45) is 0 Å². The molecule has 1 unspecified atom stereocenters. The van der Waals surface area contributed by atoms with Crippen LogP contribution in [0.2, 0.25) is 0 Å². The van der Waals surface area contributed by atoms with E-state index in [1.165, 1.54) is 0 Å². The molecule has 1 aromatic carbocycles. The first-order chi connectivity index (χ1) is 8.42. The van der Waals surface area contributed by atoms with Crippen LogP contribution in [0.5, 0.6) is 0 Å². The monoisotopic (exact) mass is 280 g/mol. The van der Waals surface area contributed by atoms with Crippen LogP contribution in [-0.4, -0.2) is 19.9 Å². The lowest BCUT2D eigenvalue weighted by molar-refractivity contribution is -0.135. The van der Waals surface area contributed by atoms with Gasteiger partial charge in [0.1, 0.15) is 0 Å². The maximum Gasteiger partial charge on any atom is 0.389 e. The molecular weight excluding hydrogens is 265 g/mol. The van der Waals surface area contributed by atoms with Crippen molar-refractivity contribution in [3.05, 3.63) is 35.4 Å². The zero-order valence-electron chi connectivity index (χ0n) is 10.1. The van der Waals surface area contributed by atoms with Gasteiger partial charge in [0.05, 0.1) is 12.0 Å². The summed E-state index contributed by atoms with van der Waals surface area (Å²) in [6.45, 7) is 0.623. The Morgan fingerprint density at radius 1 is 1.22 bits per heavy atom. The van der Waals surface area contributed by atoms with E-state index in [4.69, 9.17) is 16.3 Å². The quantitative estimate of drug-likeness (QED) is 0.697. The normalized spacial score (nSPS) is 13.6. The summed E-state index contributed by atoms with van der Waals surface area (Å²) in [6, 6.07) is 7.30. The molecule has 18 heavy (non-hydrogen) atoms. The minimum Gasteiger partial charge on any atom is -0.384 e. The van der Waals surface area contributed by atoms with Crippen LogP contribution >= 0.6 is 11.6 Å². The van der Waals surface area contributed by atoms with Crippen LogP contribution in [0.1, 0.15) is 29.3 Å². The predicted octanol–water partition coefficient (Wildman–Crippen LogP) is 4.50. The average molecular weight is 281 g/mol. The summed E-state index contributed by atoms with van der Waals surface area (Å²) in [4.78, 5) is 0. The highest BCUT2D eigenvalue weighted by atomic mass is 35.5. The van der Waals surface area contributed by atoms with Crippen LogP contribution in [0.3, 0.4) is 0 Å². The lowest BCUT2D eigenvalue weighted by Crippen LogP contribution is -2.08. The van der Waals surface area contributed by atoms with Crippen molar-refractivity contribution in [2.75, 3.05) is 13.7 Å². The largest absolute Gasteiger partial charge is 0.389 e. The van der Waals surface area contributed by atoms with Gasteiger partial charge in [0.2, 0.25) is 0 Å². The lowest BCUT2D eigenvalue weighted by atomic mass is 10.0. The molecule has 0 aliphatic carbocycles. The fraction of sp³-hybridized carbons (Fsp3) is 0.538. The smallest absolute Gasteiger partial charge is 0.384 e. The Morgan fingerprint density at radius 2 is 1.83 bits per heavy atom. The van der Waals surface area contributed by atoms with Gasteiger partial charge in [-0.3, -0.25) is 0 Å². The van der Waals surface area contributed by atoms with Gasteiger partial charge in [-0.05, 0) is 24.0 Å². The zero-order valence-corrected chi connectivity index (χ0v) is 10.9. The fourth-order valence-electron chi connectivity index (χ4n) is 1.57. The highest BCUT2D eigenvalue weighted by Crippen LogP contribution is 2.31. The van der Waals surface area contributed by atoms with E-state index >= 15 is 0 Å². The van der Waals surface area contributed by atoms with E-state index in [-0.39, 0.29) is 6.42 Å². The van der Waals surface area contributed by atoms with Crippen molar-refractivity contribution < 1.29 is 17.9 Å². The van der Waals surface area contributed by atoms with Gasteiger partial charge < -0.3 is 4.74 Å². The molecule has 0 saturated heterocycles. The van der Waals surface area contributed by atoms with Crippen LogP contribution in [0.4, 0.5) is 13.2 Å². The Bertz CT molecular complexity index is 348. The van der Waals surface area contributed by atoms with Crippen molar-refractivity contribution in [3.63, 3.8) is 0 Å². The molecule has 0 saturated carbocycles. The van der Waals surface area contributed by atoms with Gasteiger partial charge in [-0.25, -0.2) is 0 Å². The number of alkyl halides is 4. The van der Waals surface area contributed by atoms with E-state index in [2.05, 4.69) is 0 Å². The van der Waals surface area contributed by atoms with Gasteiger partial charge in [-0.2, -0.15) is 13.2 Å². The summed E-state index contributed by atoms with van der Waals surface area (Å²) in [7, 11) is 1.63. The molecule has 0 aromatic heterocycles. The van der Waals surface area contributed by atoms with Crippen LogP contribution in [0, 0.1) is 0 Å². The minimum atomic E-state index is -4.15. The Kier molecular flexibility index (Phi) is 5.96. The highest BCUT2D eigenvalue weighted by molar-refractivity contribution is 6.20. The lowest BCUT2D eigenvalue weighted by Gasteiger charge is -2.12. The van der Waals surface area contributed by atoms with Gasteiger partial charge >= 0.3 is 6.18 Å². The van der Waals surface area contributed by atoms with Crippen LogP contribution < -0.4 is 0 Å². The summed E-state index contributed by atoms with van der Waals surface area (Å²) >= 11 is 5.94. The second kappa shape index (κ2) is 7.00. The Balaban J connectivity index is 2.51. The van der Waals surface area contributed by atoms with Crippen LogP contribution in [0.25, 0.3) is 0 Å². The maximum atomic E-state index is 12.1. The molecule has 0 heterocycles. The molecule has 1 rings (SSSR count). The summed E-state index contributed by atoms with van der Waals surface area (Å²) in [6.07, 6.45) is -4.31. The van der Waals surface area contributed by atoms with E-state index in [0.29, 0.717) is 6.61 Å². The fourth-order valence-corrected chi connectivity index (χ4v) is 1.82. The van der Waals surface area contributed by atoms with E-state index in [1.54, 1.807) is 19.2 Å². The summed E-state index contributed by atoms with van der Waals surface area (Å²) in [5, 5.41) is -0.594. The van der Waals surface area contributed by atoms with Crippen molar-refractivity contribution in [2.45, 2.75) is 30.8 Å². The molecule has 1 atom stereocenters. The predicted molar refractivity (Wildman–Crippen MR) is 65.9 cm³/mol.